The van der Waals surface area contributed by atoms with Crippen LogP contribution in [0.1, 0.15) is 0 Å². The van der Waals surface area contributed by atoms with Gasteiger partial charge in [0.2, 0.25) is 0 Å². The van der Waals surface area contributed by atoms with Gasteiger partial charge in [0.1, 0.15) is 0 Å². The van der Waals surface area contributed by atoms with E-state index in [1.807, 2.05) is 36.4 Å². The third-order valence-corrected chi connectivity index (χ3v) is 3.09. The summed E-state index contributed by atoms with van der Waals surface area (Å²) in [6.45, 7) is 0. The van der Waals surface area contributed by atoms with Crippen molar-refractivity contribution in [2.24, 2.45) is 0 Å². The highest BCUT2D eigenvalue weighted by Gasteiger charge is 2.01. The molecule has 0 aliphatic rings. The van der Waals surface area contributed by atoms with Crippen LogP contribution in [-0.4, -0.2) is 0 Å². The number of rotatable bonds is 1. The Balaban J connectivity index is 2.45. The van der Waals surface area contributed by atoms with E-state index in [2.05, 4.69) is 0 Å². The molecular formula is C12H7Cl3. The second-order valence-electron chi connectivity index (χ2n) is 3.14. The van der Waals surface area contributed by atoms with Crippen LogP contribution in [0.4, 0.5) is 0 Å². The molecule has 2 rings (SSSR count). The number of halogens is 3. The molecule has 3 heteroatoms. The number of hydrogen-bond acceptors (Lipinski definition) is 0. The lowest BCUT2D eigenvalue weighted by atomic mass is 10.1. The Bertz CT molecular complexity index is 475. The molecule has 0 atom stereocenters. The normalized spacial score (nSPS) is 10.3. The first-order chi connectivity index (χ1) is 7.16. The molecule has 0 amide bonds. The van der Waals surface area contributed by atoms with Gasteiger partial charge in [-0.3, -0.25) is 0 Å². The van der Waals surface area contributed by atoms with Gasteiger partial charge >= 0.3 is 0 Å². The average Bonchev–Trinajstić information content (AvgIpc) is 2.23. The van der Waals surface area contributed by atoms with Crippen LogP contribution in [-0.2, 0) is 0 Å². The minimum Gasteiger partial charge on any atom is -0.0843 e. The lowest BCUT2D eigenvalue weighted by molar-refractivity contribution is 1.62. The van der Waals surface area contributed by atoms with E-state index < -0.39 is 0 Å². The summed E-state index contributed by atoms with van der Waals surface area (Å²) < 4.78 is 0. The van der Waals surface area contributed by atoms with Crippen LogP contribution >= 0.6 is 34.8 Å². The van der Waals surface area contributed by atoms with Gasteiger partial charge in [-0.05, 0) is 35.4 Å². The molecule has 76 valence electrons. The highest BCUT2D eigenvalue weighted by Crippen LogP contribution is 2.28. The summed E-state index contributed by atoms with van der Waals surface area (Å²) in [5.41, 5.74) is 2.10. The van der Waals surface area contributed by atoms with Crippen molar-refractivity contribution in [1.82, 2.24) is 0 Å². The van der Waals surface area contributed by atoms with Crippen molar-refractivity contribution in [2.45, 2.75) is 0 Å². The summed E-state index contributed by atoms with van der Waals surface area (Å²) in [7, 11) is 0. The molecular weight excluding hydrogens is 250 g/mol. The van der Waals surface area contributed by atoms with Gasteiger partial charge in [0, 0.05) is 5.02 Å². The summed E-state index contributed by atoms with van der Waals surface area (Å²) in [5, 5.41) is 1.84. The van der Waals surface area contributed by atoms with E-state index in [1.54, 1.807) is 6.07 Å². The summed E-state index contributed by atoms with van der Waals surface area (Å²) in [4.78, 5) is 0. The van der Waals surface area contributed by atoms with Crippen molar-refractivity contribution in [2.75, 3.05) is 0 Å². The fourth-order valence-electron chi connectivity index (χ4n) is 1.32. The Hall–Kier alpha value is -0.690. The van der Waals surface area contributed by atoms with E-state index in [-0.39, 0.29) is 0 Å². The van der Waals surface area contributed by atoms with Crippen LogP contribution in [0.3, 0.4) is 0 Å². The van der Waals surface area contributed by atoms with Gasteiger partial charge in [0.25, 0.3) is 0 Å². The fourth-order valence-corrected chi connectivity index (χ4v) is 1.74. The summed E-state index contributed by atoms with van der Waals surface area (Å²) in [5.74, 6) is 0. The monoisotopic (exact) mass is 256 g/mol. The molecule has 2 aromatic rings. The molecule has 0 aliphatic carbocycles. The topological polar surface area (TPSA) is 0 Å². The minimum atomic E-state index is 0.559. The molecule has 0 radical (unpaired) electrons. The molecule has 0 saturated heterocycles. The van der Waals surface area contributed by atoms with Gasteiger partial charge < -0.3 is 0 Å². The average molecular weight is 258 g/mol. The molecule has 0 N–H and O–H groups in total. The second kappa shape index (κ2) is 4.44. The molecule has 0 bridgehead atoms. The lowest BCUT2D eigenvalue weighted by Crippen LogP contribution is -1.78. The van der Waals surface area contributed by atoms with E-state index in [1.165, 1.54) is 0 Å². The third kappa shape index (κ3) is 2.46. The van der Waals surface area contributed by atoms with Crippen molar-refractivity contribution in [1.29, 1.82) is 0 Å². The van der Waals surface area contributed by atoms with E-state index >= 15 is 0 Å². The largest absolute Gasteiger partial charge is 0.0843 e. The fraction of sp³-hybridized carbons (Fsp3) is 0. The van der Waals surface area contributed by atoms with Crippen molar-refractivity contribution < 1.29 is 0 Å². The molecule has 2 aromatic carbocycles. The zero-order valence-electron chi connectivity index (χ0n) is 7.68. The predicted molar refractivity (Wildman–Crippen MR) is 66.9 cm³/mol. The van der Waals surface area contributed by atoms with Crippen LogP contribution in [0, 0.1) is 0 Å². The molecule has 15 heavy (non-hydrogen) atoms. The van der Waals surface area contributed by atoms with Crippen molar-refractivity contribution >= 4 is 34.8 Å². The molecule has 0 fully saturated rings. The maximum absolute atomic E-state index is 5.94. The van der Waals surface area contributed by atoms with Gasteiger partial charge in [-0.2, -0.15) is 0 Å². The van der Waals surface area contributed by atoms with E-state index in [4.69, 9.17) is 34.8 Å². The number of hydrogen-bond donors (Lipinski definition) is 0. The molecule has 0 unspecified atom stereocenters. The first kappa shape index (κ1) is 10.8. The molecule has 0 nitrogen and oxygen atoms in total. The zero-order chi connectivity index (χ0) is 10.8. The SMILES string of the molecule is Clc1ccc(-c2ccc(Cl)c(Cl)c2)cc1. The van der Waals surface area contributed by atoms with Crippen molar-refractivity contribution in [3.63, 3.8) is 0 Å². The smallest absolute Gasteiger partial charge is 0.0598 e. The Morgan fingerprint density at radius 2 is 1.20 bits per heavy atom. The van der Waals surface area contributed by atoms with Gasteiger partial charge in [0.15, 0.2) is 0 Å². The highest BCUT2D eigenvalue weighted by atomic mass is 35.5. The quantitative estimate of drug-likeness (QED) is 0.649. The molecule has 0 aromatic heterocycles. The summed E-state index contributed by atoms with van der Waals surface area (Å²) >= 11 is 17.6. The van der Waals surface area contributed by atoms with Crippen LogP contribution < -0.4 is 0 Å². The van der Waals surface area contributed by atoms with E-state index in [0.717, 1.165) is 16.1 Å². The third-order valence-electron chi connectivity index (χ3n) is 2.10. The van der Waals surface area contributed by atoms with Crippen molar-refractivity contribution in [3.8, 4) is 11.1 Å². The summed E-state index contributed by atoms with van der Waals surface area (Å²) in [6.07, 6.45) is 0. The standard InChI is InChI=1S/C12H7Cl3/c13-10-4-1-8(2-5-10)9-3-6-11(14)12(15)7-9/h1-7H. The second-order valence-corrected chi connectivity index (χ2v) is 4.39. The molecule has 0 spiro atoms. The first-order valence-electron chi connectivity index (χ1n) is 4.38. The maximum Gasteiger partial charge on any atom is 0.0598 e. The van der Waals surface area contributed by atoms with Crippen LogP contribution in [0.2, 0.25) is 15.1 Å². The Kier molecular flexibility index (Phi) is 3.20. The predicted octanol–water partition coefficient (Wildman–Crippen LogP) is 5.31. The van der Waals surface area contributed by atoms with Crippen molar-refractivity contribution in [3.05, 3.63) is 57.5 Å². The Labute approximate surface area is 103 Å². The van der Waals surface area contributed by atoms with Gasteiger partial charge in [-0.1, -0.05) is 53.0 Å². The Morgan fingerprint density at radius 3 is 1.80 bits per heavy atom. The van der Waals surface area contributed by atoms with Gasteiger partial charge in [0.05, 0.1) is 10.0 Å². The van der Waals surface area contributed by atoms with Crippen LogP contribution in [0.15, 0.2) is 42.5 Å². The van der Waals surface area contributed by atoms with E-state index in [9.17, 15) is 0 Å². The highest BCUT2D eigenvalue weighted by molar-refractivity contribution is 6.42. The van der Waals surface area contributed by atoms with Gasteiger partial charge in [-0.15, -0.1) is 0 Å². The molecule has 0 saturated carbocycles. The van der Waals surface area contributed by atoms with E-state index in [0.29, 0.717) is 10.0 Å². The van der Waals surface area contributed by atoms with Gasteiger partial charge in [-0.25, -0.2) is 0 Å². The molecule has 0 aliphatic heterocycles. The minimum absolute atomic E-state index is 0.559. The zero-order valence-corrected chi connectivity index (χ0v) is 9.94. The number of benzene rings is 2. The Morgan fingerprint density at radius 1 is 0.600 bits per heavy atom. The first-order valence-corrected chi connectivity index (χ1v) is 5.51. The maximum atomic E-state index is 5.94. The lowest BCUT2D eigenvalue weighted by Gasteiger charge is -2.03. The molecule has 0 heterocycles. The summed E-state index contributed by atoms with van der Waals surface area (Å²) in [6, 6.07) is 13.1. The van der Waals surface area contributed by atoms with Crippen LogP contribution in [0.25, 0.3) is 11.1 Å². The van der Waals surface area contributed by atoms with Crippen LogP contribution in [0.5, 0.6) is 0 Å².